The van der Waals surface area contributed by atoms with Crippen LogP contribution in [0.25, 0.3) is 0 Å². The number of nitrogens with two attached hydrogens (primary N) is 1. The zero-order valence-electron chi connectivity index (χ0n) is 13.0. The van der Waals surface area contributed by atoms with Crippen LogP contribution in [0.3, 0.4) is 0 Å². The van der Waals surface area contributed by atoms with Gasteiger partial charge in [0, 0.05) is 26.4 Å². The summed E-state index contributed by atoms with van der Waals surface area (Å²) in [7, 11) is 0. The van der Waals surface area contributed by atoms with Gasteiger partial charge in [-0.25, -0.2) is 0 Å². The minimum atomic E-state index is -0.931. The third kappa shape index (κ3) is 12.4. The van der Waals surface area contributed by atoms with Gasteiger partial charge >= 0.3 is 5.97 Å². The highest BCUT2D eigenvalue weighted by Gasteiger charge is 2.14. The standard InChI is InChI=1S/C5H11NO2.2C5H10O/c1-3(2)4(6)5(7)8;2*1-2-4-6-5-3-1/h3-4H,6H2,1-2H3,(H,7,8);2*1-5H2/t4-;;/m0../s1. The molecule has 2 fully saturated rings. The molecule has 0 amide bonds. The van der Waals surface area contributed by atoms with E-state index >= 15 is 0 Å². The topological polar surface area (TPSA) is 81.8 Å². The third-order valence-electron chi connectivity index (χ3n) is 3.16. The molecule has 0 bridgehead atoms. The minimum Gasteiger partial charge on any atom is -0.480 e. The normalized spacial score (nSPS) is 20.0. The molecule has 0 unspecified atom stereocenters. The highest BCUT2D eigenvalue weighted by Crippen LogP contribution is 2.02. The first-order chi connectivity index (χ1) is 9.55. The maximum Gasteiger partial charge on any atom is 0.320 e. The summed E-state index contributed by atoms with van der Waals surface area (Å²) in [6.45, 7) is 7.55. The van der Waals surface area contributed by atoms with Crippen LogP contribution in [0.1, 0.15) is 52.4 Å². The number of aliphatic carboxylic acids is 1. The number of carboxylic acid groups (broad SMARTS) is 1. The molecule has 1 atom stereocenters. The summed E-state index contributed by atoms with van der Waals surface area (Å²) < 4.78 is 10.1. The lowest BCUT2D eigenvalue weighted by Gasteiger charge is -2.08. The van der Waals surface area contributed by atoms with Crippen LogP contribution in [-0.2, 0) is 14.3 Å². The molecule has 0 aromatic carbocycles. The van der Waals surface area contributed by atoms with Crippen molar-refractivity contribution in [1.82, 2.24) is 0 Å². The van der Waals surface area contributed by atoms with Gasteiger partial charge in [-0.2, -0.15) is 0 Å². The summed E-state index contributed by atoms with van der Waals surface area (Å²) in [6.07, 6.45) is 7.86. The van der Waals surface area contributed by atoms with Crippen molar-refractivity contribution in [3.8, 4) is 0 Å². The van der Waals surface area contributed by atoms with E-state index in [-0.39, 0.29) is 5.92 Å². The van der Waals surface area contributed by atoms with Gasteiger partial charge in [-0.3, -0.25) is 4.79 Å². The summed E-state index contributed by atoms with van der Waals surface area (Å²) in [5, 5.41) is 8.23. The molecular formula is C15H31NO4. The second-order valence-electron chi connectivity index (χ2n) is 5.45. The summed E-state index contributed by atoms with van der Waals surface area (Å²) in [5.41, 5.74) is 5.16. The molecule has 3 N–H and O–H groups in total. The van der Waals surface area contributed by atoms with Gasteiger partial charge in [-0.15, -0.1) is 0 Å². The number of hydrogen-bond donors (Lipinski definition) is 2. The van der Waals surface area contributed by atoms with Crippen LogP contribution in [-0.4, -0.2) is 43.5 Å². The second-order valence-corrected chi connectivity index (χ2v) is 5.45. The molecule has 5 heteroatoms. The van der Waals surface area contributed by atoms with Crippen LogP contribution in [0.2, 0.25) is 0 Å². The van der Waals surface area contributed by atoms with E-state index in [0.29, 0.717) is 0 Å². The number of ether oxygens (including phenoxy) is 2. The van der Waals surface area contributed by atoms with Crippen molar-refractivity contribution in [3.05, 3.63) is 0 Å². The first kappa shape index (κ1) is 19.4. The van der Waals surface area contributed by atoms with E-state index in [9.17, 15) is 4.79 Å². The predicted octanol–water partition coefficient (Wildman–Crippen LogP) is 2.43. The summed E-state index contributed by atoms with van der Waals surface area (Å²) >= 11 is 0. The minimum absolute atomic E-state index is 0.0208. The van der Waals surface area contributed by atoms with Crippen molar-refractivity contribution in [2.45, 2.75) is 58.4 Å². The molecule has 120 valence electrons. The van der Waals surface area contributed by atoms with Gasteiger partial charge in [0.05, 0.1) is 0 Å². The van der Waals surface area contributed by atoms with Crippen LogP contribution >= 0.6 is 0 Å². The number of carboxylic acids is 1. The zero-order chi connectivity index (χ0) is 15.2. The molecule has 5 nitrogen and oxygen atoms in total. The fourth-order valence-corrected chi connectivity index (χ4v) is 1.66. The Morgan fingerprint density at radius 1 is 0.900 bits per heavy atom. The molecule has 20 heavy (non-hydrogen) atoms. The van der Waals surface area contributed by atoms with Gasteiger partial charge in [0.15, 0.2) is 0 Å². The highest BCUT2D eigenvalue weighted by molar-refractivity contribution is 5.73. The molecule has 2 rings (SSSR count). The van der Waals surface area contributed by atoms with Gasteiger partial charge in [0.2, 0.25) is 0 Å². The van der Waals surface area contributed by atoms with Crippen molar-refractivity contribution in [3.63, 3.8) is 0 Å². The van der Waals surface area contributed by atoms with E-state index in [1.165, 1.54) is 38.5 Å². The quantitative estimate of drug-likeness (QED) is 0.816. The Morgan fingerprint density at radius 3 is 1.30 bits per heavy atom. The van der Waals surface area contributed by atoms with Gasteiger partial charge in [-0.05, 0) is 44.4 Å². The largest absolute Gasteiger partial charge is 0.480 e. The molecule has 0 saturated carbocycles. The number of rotatable bonds is 2. The van der Waals surface area contributed by atoms with Crippen molar-refractivity contribution < 1.29 is 19.4 Å². The zero-order valence-corrected chi connectivity index (χ0v) is 13.0. The van der Waals surface area contributed by atoms with Gasteiger partial charge in [0.1, 0.15) is 6.04 Å². The van der Waals surface area contributed by atoms with Gasteiger partial charge in [0.25, 0.3) is 0 Å². The third-order valence-corrected chi connectivity index (χ3v) is 3.16. The van der Waals surface area contributed by atoms with E-state index < -0.39 is 12.0 Å². The molecular weight excluding hydrogens is 258 g/mol. The van der Waals surface area contributed by atoms with E-state index in [1.807, 2.05) is 0 Å². The molecule has 0 spiro atoms. The average molecular weight is 289 g/mol. The van der Waals surface area contributed by atoms with Crippen LogP contribution in [0.15, 0.2) is 0 Å². The van der Waals surface area contributed by atoms with Gasteiger partial charge < -0.3 is 20.3 Å². The summed E-state index contributed by atoms with van der Waals surface area (Å²) in [5.74, 6) is -0.910. The molecule has 2 heterocycles. The number of carbonyl (C=O) groups is 1. The Morgan fingerprint density at radius 2 is 1.25 bits per heavy atom. The second kappa shape index (κ2) is 13.3. The van der Waals surface area contributed by atoms with E-state index in [0.717, 1.165) is 26.4 Å². The van der Waals surface area contributed by atoms with Crippen molar-refractivity contribution in [2.75, 3.05) is 26.4 Å². The smallest absolute Gasteiger partial charge is 0.320 e. The molecule has 0 radical (unpaired) electrons. The van der Waals surface area contributed by atoms with Gasteiger partial charge in [-0.1, -0.05) is 13.8 Å². The van der Waals surface area contributed by atoms with Crippen LogP contribution in [0.4, 0.5) is 0 Å². The van der Waals surface area contributed by atoms with Crippen molar-refractivity contribution in [2.24, 2.45) is 11.7 Å². The lowest BCUT2D eigenvalue weighted by atomic mass is 10.1. The highest BCUT2D eigenvalue weighted by atomic mass is 16.5. The fraction of sp³-hybridized carbons (Fsp3) is 0.933. The molecule has 2 saturated heterocycles. The lowest BCUT2D eigenvalue weighted by molar-refractivity contribution is -0.139. The Hall–Kier alpha value is -0.650. The molecule has 2 aliphatic heterocycles. The SMILES string of the molecule is C1CCOCC1.C1CCOCC1.CC(C)[C@H](N)C(=O)O. The monoisotopic (exact) mass is 289 g/mol. The Bertz CT molecular complexity index is 191. The molecule has 0 aliphatic carbocycles. The predicted molar refractivity (Wildman–Crippen MR) is 79.8 cm³/mol. The van der Waals surface area contributed by atoms with Crippen LogP contribution < -0.4 is 5.73 Å². The van der Waals surface area contributed by atoms with Crippen molar-refractivity contribution in [1.29, 1.82) is 0 Å². The molecule has 0 aromatic rings. The molecule has 0 aromatic heterocycles. The number of hydrogen-bond acceptors (Lipinski definition) is 4. The van der Waals surface area contributed by atoms with E-state index in [4.69, 9.17) is 20.3 Å². The average Bonchev–Trinajstić information content (AvgIpc) is 2.51. The maximum atomic E-state index is 10.0. The summed E-state index contributed by atoms with van der Waals surface area (Å²) in [4.78, 5) is 10.0. The maximum absolute atomic E-state index is 10.0. The fourth-order valence-electron chi connectivity index (χ4n) is 1.66. The Kier molecular flexibility index (Phi) is 12.9. The Labute approximate surface area is 122 Å². The first-order valence-corrected chi connectivity index (χ1v) is 7.69. The lowest BCUT2D eigenvalue weighted by Crippen LogP contribution is -2.34. The Balaban J connectivity index is 0.000000274. The van der Waals surface area contributed by atoms with Crippen molar-refractivity contribution >= 4 is 5.97 Å². The summed E-state index contributed by atoms with van der Waals surface area (Å²) in [6, 6.07) is -0.713. The first-order valence-electron chi connectivity index (χ1n) is 7.69. The van der Waals surface area contributed by atoms with E-state index in [1.54, 1.807) is 13.8 Å². The van der Waals surface area contributed by atoms with Crippen LogP contribution in [0, 0.1) is 5.92 Å². The van der Waals surface area contributed by atoms with Crippen LogP contribution in [0.5, 0.6) is 0 Å². The van der Waals surface area contributed by atoms with E-state index in [2.05, 4.69) is 0 Å². The molecule has 2 aliphatic rings.